The third-order valence-electron chi connectivity index (χ3n) is 16.1. The molecule has 0 aliphatic rings. The molecule has 0 aliphatic heterocycles. The largest absolute Gasteiger partial charge is 0.309 e. The molecule has 4 heterocycles. The van der Waals surface area contributed by atoms with Gasteiger partial charge in [-0.2, -0.15) is 0 Å². The van der Waals surface area contributed by atoms with E-state index in [4.69, 9.17) is 8.22 Å². The first-order valence-electron chi connectivity index (χ1n) is 31.6. The lowest BCUT2D eigenvalue weighted by atomic mass is 9.86. The summed E-state index contributed by atoms with van der Waals surface area (Å²) in [6.07, 6.45) is 0. The summed E-state index contributed by atoms with van der Waals surface area (Å²) in [6.45, 7) is 13.1. The Balaban J connectivity index is 1.01. The summed E-state index contributed by atoms with van der Waals surface area (Å²) in [6, 6.07) is 58.0. The van der Waals surface area contributed by atoms with Gasteiger partial charge in [-0.05, 0) is 106 Å². The topological polar surface area (TPSA) is 15.3 Å². The molecule has 15 rings (SSSR count). The van der Waals surface area contributed by atoms with Crippen molar-refractivity contribution in [2.75, 3.05) is 9.80 Å². The summed E-state index contributed by atoms with van der Waals surface area (Å²) in [5, 5.41) is 7.44. The van der Waals surface area contributed by atoms with Gasteiger partial charge in [0.15, 0.2) is 0 Å². The van der Waals surface area contributed by atoms with E-state index in [-0.39, 0.29) is 46.4 Å². The van der Waals surface area contributed by atoms with E-state index in [1.165, 1.54) is 11.1 Å². The number of fused-ring (bicyclic) bond motifs is 12. The Bertz CT molecular complexity index is 5030. The van der Waals surface area contributed by atoms with Gasteiger partial charge < -0.3 is 18.6 Å². The van der Waals surface area contributed by atoms with Crippen LogP contribution >= 0.6 is 0 Å². The van der Waals surface area contributed by atoms with E-state index in [0.29, 0.717) is 22.7 Å². The monoisotopic (exact) mass is 1010 g/mol. The van der Waals surface area contributed by atoms with Crippen LogP contribution in [0.1, 0.15) is 66.4 Å². The highest BCUT2D eigenvalue weighted by Gasteiger charge is 2.29. The maximum Gasteiger partial charge on any atom is 0.0645 e. The molecule has 0 N–H and O–H groups in total. The number of nitrogens with zero attached hydrogens (tertiary/aromatic N) is 4. The summed E-state index contributed by atoms with van der Waals surface area (Å²) in [5.74, 6) is 0. The number of rotatable bonds is 8. The van der Waals surface area contributed by atoms with Crippen LogP contribution < -0.4 is 9.80 Å². The Morgan fingerprint density at radius 1 is 0.333 bits per heavy atom. The second kappa shape index (κ2) is 17.1. The van der Waals surface area contributed by atoms with Crippen molar-refractivity contribution in [3.63, 3.8) is 0 Å². The number of anilines is 6. The second-order valence-electron chi connectivity index (χ2n) is 22.6. The van der Waals surface area contributed by atoms with Crippen LogP contribution in [0.5, 0.6) is 0 Å². The highest BCUT2D eigenvalue weighted by molar-refractivity contribution is 6.32. The van der Waals surface area contributed by atoms with E-state index < -0.39 is 36.3 Å². The highest BCUT2D eigenvalue weighted by Crippen LogP contribution is 2.53. The molecule has 78 heavy (non-hydrogen) atoms. The fourth-order valence-corrected chi connectivity index (χ4v) is 12.4. The minimum atomic E-state index is -0.469. The average Bonchev–Trinajstić information content (AvgIpc) is 1.52. The fourth-order valence-electron chi connectivity index (χ4n) is 12.4. The molecule has 0 bridgehead atoms. The van der Waals surface area contributed by atoms with Crippen LogP contribution in [0.2, 0.25) is 0 Å². The molecule has 0 aliphatic carbocycles. The maximum absolute atomic E-state index is 9.57. The molecule has 0 fully saturated rings. The molecule has 0 saturated carbocycles. The van der Waals surface area contributed by atoms with Crippen molar-refractivity contribution in [2.24, 2.45) is 0 Å². The third-order valence-corrected chi connectivity index (χ3v) is 16.1. The summed E-state index contributed by atoms with van der Waals surface area (Å²) in [4.78, 5) is 3.74. The van der Waals surface area contributed by atoms with Gasteiger partial charge in [0.2, 0.25) is 0 Å². The van der Waals surface area contributed by atoms with Crippen molar-refractivity contribution in [3.05, 3.63) is 254 Å². The van der Waals surface area contributed by atoms with E-state index in [2.05, 4.69) is 147 Å². The minimum Gasteiger partial charge on any atom is -0.309 e. The number of hydrogen-bond acceptors (Lipinski definition) is 2. The zero-order valence-corrected chi connectivity index (χ0v) is 44.1. The van der Waals surface area contributed by atoms with Crippen LogP contribution in [0.15, 0.2) is 242 Å². The zero-order valence-electron chi connectivity index (χ0n) is 54.1. The van der Waals surface area contributed by atoms with Crippen molar-refractivity contribution in [1.82, 2.24) is 8.80 Å². The number of aromatic nitrogens is 2. The molecule has 4 heteroatoms. The van der Waals surface area contributed by atoms with Crippen LogP contribution in [0.4, 0.5) is 34.1 Å². The van der Waals surface area contributed by atoms with Crippen LogP contribution in [0.3, 0.4) is 0 Å². The molecule has 11 aromatic carbocycles. The number of benzene rings is 11. The van der Waals surface area contributed by atoms with Crippen LogP contribution in [0.25, 0.3) is 98.4 Å². The Morgan fingerprint density at radius 3 is 1.10 bits per heavy atom. The first-order valence-corrected chi connectivity index (χ1v) is 26.6. The maximum atomic E-state index is 9.57. The molecule has 0 atom stereocenters. The van der Waals surface area contributed by atoms with Crippen molar-refractivity contribution in [1.29, 1.82) is 0 Å². The second-order valence-corrected chi connectivity index (χ2v) is 22.6. The first-order chi connectivity index (χ1) is 42.1. The van der Waals surface area contributed by atoms with Gasteiger partial charge in [-0.25, -0.2) is 0 Å². The SMILES string of the molecule is [2H]c1c([2H])c([2H])c(N(c2ccccc2-c2ccc(C(C)(C)C)cc2)c2ccc3c4cc5c(cc4n4c6ccccc6c2c34)c2ccc(N(c3ccccc3-c3ccc(C(C)(C)C)cc3)c3c([2H])c([2H])c([2H])c([2H])c3[2H])c3c4ccccc4n5c23)c([2H])c1[2H]. The third kappa shape index (κ3) is 6.85. The quantitative estimate of drug-likeness (QED) is 0.151. The van der Waals surface area contributed by atoms with Gasteiger partial charge in [-0.15, -0.1) is 0 Å². The number of hydrogen-bond donors (Lipinski definition) is 0. The molecule has 4 nitrogen and oxygen atoms in total. The van der Waals surface area contributed by atoms with Crippen molar-refractivity contribution in [3.8, 4) is 22.3 Å². The van der Waals surface area contributed by atoms with Gasteiger partial charge in [-0.3, -0.25) is 0 Å². The van der Waals surface area contributed by atoms with Crippen LogP contribution in [-0.2, 0) is 10.8 Å². The Kier molecular flexibility index (Phi) is 8.00. The molecule has 374 valence electrons. The Hall–Kier alpha value is -9.38. The van der Waals surface area contributed by atoms with E-state index in [1.54, 1.807) is 0 Å². The van der Waals surface area contributed by atoms with Gasteiger partial charge in [0.05, 0.1) is 69.6 Å². The molecule has 0 saturated heterocycles. The zero-order chi connectivity index (χ0) is 61.3. The Morgan fingerprint density at radius 2 is 0.705 bits per heavy atom. The normalized spacial score (nSPS) is 14.3. The molecule has 4 aromatic heterocycles. The van der Waals surface area contributed by atoms with E-state index >= 15 is 0 Å². The smallest absolute Gasteiger partial charge is 0.0645 e. The standard InChI is InChI=1S/C74H58N4/c1-73(2,3)49-37-33-47(34-38-49)53-25-13-17-29-61(53)75(51-21-9-7-10-22-51)65-43-41-55-59-45-68-60(46-67(59)77-63-31-19-15-27-57(63)69(65)71(55)77)56-42-44-66(70-58-28-16-20-32-64(58)78(68)72(56)70)76(52-23-11-8-12-24-52)62-30-18-14-26-54(62)48-35-39-50(40-36-48)74(4,5)6/h7-46H,1-6H3/i7D,8D,9D,10D,11D,12D,21D,22D,23D,24D. The molecule has 15 aromatic rings. The van der Waals surface area contributed by atoms with E-state index in [9.17, 15) is 5.48 Å². The molecular weight excluding hydrogens is 945 g/mol. The average molecular weight is 1010 g/mol. The van der Waals surface area contributed by atoms with Gasteiger partial charge in [-0.1, -0.05) is 211 Å². The van der Waals surface area contributed by atoms with Crippen LogP contribution in [-0.4, -0.2) is 8.80 Å². The van der Waals surface area contributed by atoms with Gasteiger partial charge in [0, 0.05) is 65.6 Å². The lowest BCUT2D eigenvalue weighted by molar-refractivity contribution is 0.590. The molecular formula is C74H58N4. The molecule has 0 radical (unpaired) electrons. The lowest BCUT2D eigenvalue weighted by Crippen LogP contribution is -2.12. The van der Waals surface area contributed by atoms with Gasteiger partial charge in [0.1, 0.15) is 0 Å². The van der Waals surface area contributed by atoms with Gasteiger partial charge in [0.25, 0.3) is 0 Å². The summed E-state index contributed by atoms with van der Waals surface area (Å²) < 4.78 is 96.3. The molecule has 0 amide bonds. The fraction of sp³-hybridized carbons (Fsp3) is 0.108. The summed E-state index contributed by atoms with van der Waals surface area (Å²) >= 11 is 0. The van der Waals surface area contributed by atoms with Crippen molar-refractivity contribution < 1.29 is 13.7 Å². The minimum absolute atomic E-state index is 0.0363. The van der Waals surface area contributed by atoms with Crippen molar-refractivity contribution >= 4 is 110 Å². The van der Waals surface area contributed by atoms with Crippen molar-refractivity contribution in [2.45, 2.75) is 52.4 Å². The van der Waals surface area contributed by atoms with E-state index in [1.807, 2.05) is 94.7 Å². The Labute approximate surface area is 469 Å². The number of para-hydroxylation sites is 6. The molecule has 0 spiro atoms. The first kappa shape index (κ1) is 36.6. The summed E-state index contributed by atoms with van der Waals surface area (Å²) in [5.41, 5.74) is 13.9. The summed E-state index contributed by atoms with van der Waals surface area (Å²) in [7, 11) is 0. The molecule has 0 unspecified atom stereocenters. The van der Waals surface area contributed by atoms with Crippen LogP contribution in [0, 0.1) is 0 Å². The highest BCUT2D eigenvalue weighted by atomic mass is 15.2. The predicted octanol–water partition coefficient (Wildman–Crippen LogP) is 20.9. The predicted molar refractivity (Wildman–Crippen MR) is 333 cm³/mol. The van der Waals surface area contributed by atoms with Gasteiger partial charge >= 0.3 is 0 Å². The lowest BCUT2D eigenvalue weighted by Gasteiger charge is -2.29. The van der Waals surface area contributed by atoms with E-state index in [0.717, 1.165) is 98.4 Å².